The molecule has 0 aliphatic carbocycles. The Morgan fingerprint density at radius 2 is 2.00 bits per heavy atom. The van der Waals surface area contributed by atoms with E-state index in [0.29, 0.717) is 6.54 Å². The molecule has 1 atom stereocenters. The molecule has 4 nitrogen and oxygen atoms in total. The highest BCUT2D eigenvalue weighted by molar-refractivity contribution is 5.91. The van der Waals surface area contributed by atoms with Gasteiger partial charge in [-0.05, 0) is 40.2 Å². The number of nitrogens with one attached hydrogen (secondary N) is 1. The van der Waals surface area contributed by atoms with Crippen molar-refractivity contribution in [1.82, 2.24) is 9.88 Å². The lowest BCUT2D eigenvalue weighted by atomic mass is 10.1. The third-order valence-corrected chi connectivity index (χ3v) is 3.65. The summed E-state index contributed by atoms with van der Waals surface area (Å²) in [5.74, 6) is -0.944. The van der Waals surface area contributed by atoms with Gasteiger partial charge in [-0.3, -0.25) is 0 Å². The fourth-order valence-corrected chi connectivity index (χ4v) is 2.67. The first-order valence-electron chi connectivity index (χ1n) is 7.80. The zero-order valence-electron chi connectivity index (χ0n) is 13.7. The van der Waals surface area contributed by atoms with Crippen molar-refractivity contribution in [1.29, 1.82) is 0 Å². The summed E-state index contributed by atoms with van der Waals surface area (Å²) in [6.45, 7) is 6.16. The molecule has 7 heteroatoms. The number of alkyl halides is 3. The number of ether oxygens (including phenoxy) is 1. The SMILES string of the molecule is CC(C)(C)OC(=O)c1cn(CC2CCCCN2)cc1C(F)(F)F. The minimum Gasteiger partial charge on any atom is -0.456 e. The first kappa shape index (κ1) is 17.8. The number of hydrogen-bond donors (Lipinski definition) is 1. The van der Waals surface area contributed by atoms with Crippen molar-refractivity contribution < 1.29 is 22.7 Å². The van der Waals surface area contributed by atoms with Gasteiger partial charge >= 0.3 is 12.1 Å². The highest BCUT2D eigenvalue weighted by atomic mass is 19.4. The van der Waals surface area contributed by atoms with Gasteiger partial charge in [0.2, 0.25) is 0 Å². The minimum atomic E-state index is -4.59. The molecule has 0 saturated carbocycles. The van der Waals surface area contributed by atoms with Crippen LogP contribution in [0.5, 0.6) is 0 Å². The molecule has 1 saturated heterocycles. The van der Waals surface area contributed by atoms with Crippen molar-refractivity contribution in [3.8, 4) is 0 Å². The normalized spacial score (nSPS) is 19.7. The van der Waals surface area contributed by atoms with E-state index in [-0.39, 0.29) is 6.04 Å². The molecule has 1 aliphatic heterocycles. The van der Waals surface area contributed by atoms with Crippen molar-refractivity contribution in [2.24, 2.45) is 0 Å². The van der Waals surface area contributed by atoms with E-state index in [1.165, 1.54) is 10.8 Å². The molecule has 2 heterocycles. The standard InChI is InChI=1S/C16H23F3N2O2/c1-15(2,3)23-14(22)12-9-21(10-13(12)16(17,18)19)8-11-6-4-5-7-20-11/h9-11,20H,4-8H2,1-3H3. The van der Waals surface area contributed by atoms with Crippen molar-refractivity contribution in [2.75, 3.05) is 6.54 Å². The Kier molecular flexibility index (Phi) is 5.08. The fraction of sp³-hybridized carbons (Fsp3) is 0.688. The number of hydrogen-bond acceptors (Lipinski definition) is 3. The van der Waals surface area contributed by atoms with Gasteiger partial charge in [-0.2, -0.15) is 13.2 Å². The molecule has 1 fully saturated rings. The third-order valence-electron chi connectivity index (χ3n) is 3.65. The van der Waals surface area contributed by atoms with Gasteiger partial charge in [0.15, 0.2) is 0 Å². The number of rotatable bonds is 3. The second kappa shape index (κ2) is 6.55. The van der Waals surface area contributed by atoms with Gasteiger partial charge < -0.3 is 14.6 Å². The van der Waals surface area contributed by atoms with Crippen molar-refractivity contribution in [3.05, 3.63) is 23.5 Å². The monoisotopic (exact) mass is 332 g/mol. The van der Waals surface area contributed by atoms with Crippen LogP contribution in [0.15, 0.2) is 12.4 Å². The number of piperidine rings is 1. The molecule has 23 heavy (non-hydrogen) atoms. The van der Waals surface area contributed by atoms with Crippen LogP contribution >= 0.6 is 0 Å². The molecule has 0 bridgehead atoms. The van der Waals surface area contributed by atoms with Crippen molar-refractivity contribution >= 4 is 5.97 Å². The average Bonchev–Trinajstić information content (AvgIpc) is 2.82. The summed E-state index contributed by atoms with van der Waals surface area (Å²) < 4.78 is 46.1. The van der Waals surface area contributed by atoms with E-state index >= 15 is 0 Å². The predicted octanol–water partition coefficient (Wildman–Crippen LogP) is 3.60. The van der Waals surface area contributed by atoms with Gasteiger partial charge in [-0.15, -0.1) is 0 Å². The van der Waals surface area contributed by atoms with Crippen molar-refractivity contribution in [2.45, 2.75) is 64.4 Å². The third kappa shape index (κ3) is 4.99. The summed E-state index contributed by atoms with van der Waals surface area (Å²) in [7, 11) is 0. The minimum absolute atomic E-state index is 0.128. The van der Waals surface area contributed by atoms with E-state index in [4.69, 9.17) is 4.74 Å². The molecule has 1 N–H and O–H groups in total. The maximum Gasteiger partial charge on any atom is 0.418 e. The quantitative estimate of drug-likeness (QED) is 0.860. The highest BCUT2D eigenvalue weighted by Crippen LogP contribution is 2.33. The zero-order chi connectivity index (χ0) is 17.3. The van der Waals surface area contributed by atoms with Crippen LogP contribution in [0.2, 0.25) is 0 Å². The highest BCUT2D eigenvalue weighted by Gasteiger charge is 2.38. The Morgan fingerprint density at radius 3 is 2.52 bits per heavy atom. The smallest absolute Gasteiger partial charge is 0.418 e. The molecule has 1 aromatic heterocycles. The van der Waals surface area contributed by atoms with Crippen LogP contribution in [0.25, 0.3) is 0 Å². The maximum absolute atomic E-state index is 13.2. The molecule has 0 aromatic carbocycles. The van der Waals surface area contributed by atoms with E-state index < -0.39 is 28.9 Å². The Balaban J connectivity index is 2.23. The summed E-state index contributed by atoms with van der Waals surface area (Å²) in [5.41, 5.74) is -2.21. The molecule has 1 aliphatic rings. The lowest BCUT2D eigenvalue weighted by Crippen LogP contribution is -2.37. The van der Waals surface area contributed by atoms with Crippen LogP contribution in [0.3, 0.4) is 0 Å². The number of halogens is 3. The topological polar surface area (TPSA) is 43.3 Å². The van der Waals surface area contributed by atoms with E-state index in [1.807, 2.05) is 0 Å². The van der Waals surface area contributed by atoms with Gasteiger partial charge in [-0.25, -0.2) is 4.79 Å². The summed E-state index contributed by atoms with van der Waals surface area (Å²) in [5, 5.41) is 3.28. The van der Waals surface area contributed by atoms with Crippen LogP contribution in [0.1, 0.15) is 56.0 Å². The first-order valence-corrected chi connectivity index (χ1v) is 7.80. The fourth-order valence-electron chi connectivity index (χ4n) is 2.67. The van der Waals surface area contributed by atoms with Gasteiger partial charge in [0.05, 0.1) is 11.1 Å². The molecular formula is C16H23F3N2O2. The van der Waals surface area contributed by atoms with Crippen LogP contribution in [-0.2, 0) is 17.5 Å². The number of nitrogens with zero attached hydrogens (tertiary/aromatic N) is 1. The first-order chi connectivity index (χ1) is 10.6. The van der Waals surface area contributed by atoms with Crippen molar-refractivity contribution in [3.63, 3.8) is 0 Å². The summed E-state index contributed by atoms with van der Waals surface area (Å²) in [6.07, 6.45) is 0.713. The number of esters is 1. The lowest BCUT2D eigenvalue weighted by molar-refractivity contribution is -0.138. The zero-order valence-corrected chi connectivity index (χ0v) is 13.7. The average molecular weight is 332 g/mol. The van der Waals surface area contributed by atoms with Crippen LogP contribution in [-0.4, -0.2) is 28.7 Å². The summed E-state index contributed by atoms with van der Waals surface area (Å²) in [4.78, 5) is 12.1. The van der Waals surface area contributed by atoms with E-state index in [2.05, 4.69) is 5.32 Å². The summed E-state index contributed by atoms with van der Waals surface area (Å²) in [6, 6.07) is 0.128. The Bertz CT molecular complexity index is 553. The summed E-state index contributed by atoms with van der Waals surface area (Å²) >= 11 is 0. The molecule has 2 rings (SSSR count). The Morgan fingerprint density at radius 1 is 1.30 bits per heavy atom. The second-order valence-corrected chi connectivity index (χ2v) is 6.93. The van der Waals surface area contributed by atoms with Crippen LogP contribution in [0, 0.1) is 0 Å². The van der Waals surface area contributed by atoms with Gasteiger partial charge in [-0.1, -0.05) is 6.42 Å². The van der Waals surface area contributed by atoms with Gasteiger partial charge in [0, 0.05) is 25.0 Å². The molecule has 0 amide bonds. The lowest BCUT2D eigenvalue weighted by Gasteiger charge is -2.23. The largest absolute Gasteiger partial charge is 0.456 e. The maximum atomic E-state index is 13.2. The van der Waals surface area contributed by atoms with E-state index in [9.17, 15) is 18.0 Å². The molecule has 0 spiro atoms. The Labute approximate surface area is 134 Å². The van der Waals surface area contributed by atoms with E-state index in [0.717, 1.165) is 32.0 Å². The van der Waals surface area contributed by atoms with Crippen LogP contribution < -0.4 is 5.32 Å². The van der Waals surface area contributed by atoms with Gasteiger partial charge in [0.25, 0.3) is 0 Å². The predicted molar refractivity (Wildman–Crippen MR) is 80.2 cm³/mol. The van der Waals surface area contributed by atoms with E-state index in [1.54, 1.807) is 20.8 Å². The molecular weight excluding hydrogens is 309 g/mol. The number of aromatic nitrogens is 1. The molecule has 0 radical (unpaired) electrons. The molecule has 130 valence electrons. The van der Waals surface area contributed by atoms with Gasteiger partial charge in [0.1, 0.15) is 5.60 Å². The second-order valence-electron chi connectivity index (χ2n) is 6.93. The molecule has 1 unspecified atom stereocenters. The number of carbonyl (C=O) groups excluding carboxylic acids is 1. The Hall–Kier alpha value is -1.50. The number of carbonyl (C=O) groups is 1. The molecule has 1 aromatic rings. The van der Waals surface area contributed by atoms with Crippen LogP contribution in [0.4, 0.5) is 13.2 Å².